The van der Waals surface area contributed by atoms with E-state index in [9.17, 15) is 25.4 Å². The number of nitrogens with one attached hydrogen (secondary N) is 1. The van der Waals surface area contributed by atoms with Gasteiger partial charge in [-0.05, 0) is 54.7 Å². The predicted octanol–water partition coefficient (Wildman–Crippen LogP) is 5.76. The van der Waals surface area contributed by atoms with Gasteiger partial charge >= 0.3 is 5.97 Å². The number of aliphatic hydroxyl groups is 2. The number of benzene rings is 3. The van der Waals surface area contributed by atoms with Gasteiger partial charge in [-0.1, -0.05) is 53.5 Å². The van der Waals surface area contributed by atoms with Gasteiger partial charge in [0, 0.05) is 61.3 Å². The number of ether oxygens (including phenoxy) is 3. The number of nitrogens with zero attached hydrogens (tertiary/aromatic N) is 3. The van der Waals surface area contributed by atoms with E-state index in [0.717, 1.165) is 48.2 Å². The number of aliphatic carboxylic acids is 1. The SMILES string of the molecule is Cc1c(COc2cc(OCc3cncc(C#N)c3)c(CNC(CO)C(=O)O)cc2Cl)cccc1-c1cccc(OCCCN2CCC(O)C2)c1Cl. The highest BCUT2D eigenvalue weighted by Gasteiger charge is 2.21. The number of hydrogen-bond acceptors (Lipinski definition) is 10. The zero-order chi connectivity index (χ0) is 36.3. The molecule has 11 nitrogen and oxygen atoms in total. The zero-order valence-corrected chi connectivity index (χ0v) is 29.7. The summed E-state index contributed by atoms with van der Waals surface area (Å²) in [5.41, 5.74) is 5.22. The van der Waals surface area contributed by atoms with E-state index in [1.54, 1.807) is 24.4 Å². The smallest absolute Gasteiger partial charge is 0.323 e. The Morgan fingerprint density at radius 1 is 1.04 bits per heavy atom. The molecule has 1 aromatic heterocycles. The third-order valence-corrected chi connectivity index (χ3v) is 9.34. The summed E-state index contributed by atoms with van der Waals surface area (Å²) < 4.78 is 18.4. The molecule has 268 valence electrons. The summed E-state index contributed by atoms with van der Waals surface area (Å²) in [5, 5.41) is 41.5. The fourth-order valence-corrected chi connectivity index (χ4v) is 6.34. The molecule has 1 aliphatic rings. The lowest BCUT2D eigenvalue weighted by atomic mass is 9.96. The van der Waals surface area contributed by atoms with Gasteiger partial charge < -0.3 is 34.4 Å². The quantitative estimate of drug-likeness (QED) is 0.0978. The summed E-state index contributed by atoms with van der Waals surface area (Å²) in [6, 6.07) is 17.4. The largest absolute Gasteiger partial charge is 0.492 e. The van der Waals surface area contributed by atoms with Crippen LogP contribution in [0.1, 0.15) is 40.7 Å². The molecule has 0 aliphatic carbocycles. The fourth-order valence-electron chi connectivity index (χ4n) is 5.81. The van der Waals surface area contributed by atoms with Crippen molar-refractivity contribution in [3.63, 3.8) is 0 Å². The zero-order valence-electron chi connectivity index (χ0n) is 28.1. The average Bonchev–Trinajstić information content (AvgIpc) is 3.55. The number of pyridine rings is 1. The van der Waals surface area contributed by atoms with Gasteiger partial charge in [0.05, 0.1) is 34.9 Å². The lowest BCUT2D eigenvalue weighted by molar-refractivity contribution is -0.140. The van der Waals surface area contributed by atoms with Gasteiger partial charge in [-0.25, -0.2) is 0 Å². The lowest BCUT2D eigenvalue weighted by Gasteiger charge is -2.19. The Hall–Kier alpha value is -4.41. The van der Waals surface area contributed by atoms with Gasteiger partial charge in [0.2, 0.25) is 0 Å². The summed E-state index contributed by atoms with van der Waals surface area (Å²) in [4.78, 5) is 17.8. The van der Waals surface area contributed by atoms with Crippen LogP contribution >= 0.6 is 23.2 Å². The maximum Gasteiger partial charge on any atom is 0.323 e. The number of carbonyl (C=O) groups is 1. The molecule has 51 heavy (non-hydrogen) atoms. The van der Waals surface area contributed by atoms with E-state index in [0.29, 0.717) is 52.1 Å². The van der Waals surface area contributed by atoms with E-state index < -0.39 is 18.6 Å². The minimum atomic E-state index is -1.20. The van der Waals surface area contributed by atoms with Crippen LogP contribution in [0.3, 0.4) is 0 Å². The number of hydrogen-bond donors (Lipinski definition) is 4. The number of halogens is 2. The number of β-amino-alcohol motifs (C(OH)–C–C–N with tert-alkyl or cyclic N) is 1. The standard InChI is InChI=1S/C38H40Cl2N4O7/c1-24-27(5-2-6-30(24)31-7-3-8-34(37(31)40)49-12-4-10-44-11-9-29(46)20-44)23-51-36-15-35(50-22-26-13-25(16-41)17-42-18-26)28(14-32(36)39)19-43-33(21-45)38(47)48/h2-3,5-8,13-15,17-18,29,33,43,45-46H,4,9-12,19-23H2,1H3,(H,47,48). The van der Waals surface area contributed by atoms with Gasteiger partial charge in [0.25, 0.3) is 0 Å². The van der Waals surface area contributed by atoms with Gasteiger partial charge in [-0.2, -0.15) is 5.26 Å². The number of aliphatic hydroxyl groups excluding tert-OH is 2. The van der Waals surface area contributed by atoms with Crippen molar-refractivity contribution in [2.75, 3.05) is 32.8 Å². The first-order valence-corrected chi connectivity index (χ1v) is 17.3. The molecule has 13 heteroatoms. The summed E-state index contributed by atoms with van der Waals surface area (Å²) in [6.07, 6.45) is 4.43. The molecular formula is C38H40Cl2N4O7. The second-order valence-electron chi connectivity index (χ2n) is 12.3. The Kier molecular flexibility index (Phi) is 13.5. The van der Waals surface area contributed by atoms with Crippen molar-refractivity contribution < 1.29 is 34.3 Å². The summed E-state index contributed by atoms with van der Waals surface area (Å²) in [6.45, 7) is 4.66. The molecule has 4 aromatic rings. The Labute approximate surface area is 306 Å². The molecule has 5 rings (SSSR count). The molecule has 3 aromatic carbocycles. The van der Waals surface area contributed by atoms with Gasteiger partial charge in [-0.3, -0.25) is 15.1 Å². The van der Waals surface area contributed by atoms with Gasteiger partial charge in [-0.15, -0.1) is 0 Å². The van der Waals surface area contributed by atoms with E-state index in [-0.39, 0.29) is 30.9 Å². The molecule has 1 saturated heterocycles. The topological polar surface area (TPSA) is 157 Å². The highest BCUT2D eigenvalue weighted by molar-refractivity contribution is 6.35. The maximum absolute atomic E-state index is 11.5. The minimum absolute atomic E-state index is 0.0383. The molecular weight excluding hydrogens is 695 g/mol. The van der Waals surface area contributed by atoms with Crippen molar-refractivity contribution in [1.82, 2.24) is 15.2 Å². The molecule has 0 amide bonds. The van der Waals surface area contributed by atoms with Crippen LogP contribution in [0, 0.1) is 18.3 Å². The number of likely N-dealkylation sites (tertiary alicyclic amines) is 1. The van der Waals surface area contributed by atoms with Gasteiger partial charge in [0.1, 0.15) is 42.6 Å². The van der Waals surface area contributed by atoms with E-state index in [1.165, 1.54) is 6.20 Å². The van der Waals surface area contributed by atoms with Crippen molar-refractivity contribution in [2.45, 2.75) is 51.7 Å². The van der Waals surface area contributed by atoms with Crippen molar-refractivity contribution in [1.29, 1.82) is 5.26 Å². The highest BCUT2D eigenvalue weighted by atomic mass is 35.5. The van der Waals surface area contributed by atoms with Crippen molar-refractivity contribution in [3.05, 3.63) is 105 Å². The Morgan fingerprint density at radius 3 is 2.57 bits per heavy atom. The van der Waals surface area contributed by atoms with Crippen LogP contribution in [0.15, 0.2) is 67.0 Å². The Balaban J connectivity index is 1.31. The van der Waals surface area contributed by atoms with E-state index in [4.69, 9.17) is 37.4 Å². The number of carboxylic acid groups (broad SMARTS) is 1. The van der Waals surface area contributed by atoms with Crippen LogP contribution in [0.4, 0.5) is 0 Å². The van der Waals surface area contributed by atoms with Crippen LogP contribution in [0.2, 0.25) is 10.0 Å². The first-order valence-electron chi connectivity index (χ1n) is 16.6. The van der Waals surface area contributed by atoms with E-state index in [1.807, 2.05) is 43.3 Å². The fraction of sp³-hybridized carbons (Fsp3) is 0.342. The third kappa shape index (κ3) is 10.1. The van der Waals surface area contributed by atoms with Crippen molar-refractivity contribution in [3.8, 4) is 34.4 Å². The molecule has 2 unspecified atom stereocenters. The monoisotopic (exact) mass is 734 g/mol. The summed E-state index contributed by atoms with van der Waals surface area (Å²) in [5.74, 6) is 0.129. The van der Waals surface area contributed by atoms with Crippen LogP contribution in [0.25, 0.3) is 11.1 Å². The molecule has 2 heterocycles. The summed E-state index contributed by atoms with van der Waals surface area (Å²) >= 11 is 13.6. The van der Waals surface area contributed by atoms with Crippen molar-refractivity contribution >= 4 is 29.2 Å². The van der Waals surface area contributed by atoms with Crippen LogP contribution < -0.4 is 19.5 Å². The Bertz CT molecular complexity index is 1870. The molecule has 2 atom stereocenters. The highest BCUT2D eigenvalue weighted by Crippen LogP contribution is 2.38. The molecule has 1 aliphatic heterocycles. The Morgan fingerprint density at radius 2 is 1.82 bits per heavy atom. The molecule has 0 spiro atoms. The minimum Gasteiger partial charge on any atom is -0.492 e. The molecule has 0 radical (unpaired) electrons. The second kappa shape index (κ2) is 18.2. The number of nitriles is 1. The van der Waals surface area contributed by atoms with E-state index >= 15 is 0 Å². The number of aromatic nitrogens is 1. The number of rotatable bonds is 17. The van der Waals surface area contributed by atoms with Crippen molar-refractivity contribution in [2.24, 2.45) is 0 Å². The molecule has 0 bridgehead atoms. The second-order valence-corrected chi connectivity index (χ2v) is 13.1. The van der Waals surface area contributed by atoms with Crippen LogP contribution in [-0.4, -0.2) is 76.2 Å². The third-order valence-electron chi connectivity index (χ3n) is 8.66. The lowest BCUT2D eigenvalue weighted by Crippen LogP contribution is -2.39. The average molecular weight is 736 g/mol. The first-order chi connectivity index (χ1) is 24.7. The first kappa shape index (κ1) is 37.8. The number of carboxylic acids is 1. The van der Waals surface area contributed by atoms with E-state index in [2.05, 4.69) is 21.3 Å². The summed E-state index contributed by atoms with van der Waals surface area (Å²) in [7, 11) is 0. The maximum atomic E-state index is 11.5. The molecule has 4 N–H and O–H groups in total. The molecule has 1 fully saturated rings. The van der Waals surface area contributed by atoms with Crippen LogP contribution in [-0.2, 0) is 24.6 Å². The van der Waals surface area contributed by atoms with Crippen LogP contribution in [0.5, 0.6) is 17.2 Å². The van der Waals surface area contributed by atoms with Gasteiger partial charge in [0.15, 0.2) is 0 Å². The predicted molar refractivity (Wildman–Crippen MR) is 193 cm³/mol. The normalized spacial score (nSPS) is 14.9. The molecule has 0 saturated carbocycles.